The van der Waals surface area contributed by atoms with Crippen molar-refractivity contribution in [3.05, 3.63) is 126 Å². The SMILES string of the molecule is Cc1ccccc1-c1cc(-c2ccc3c4ccccc4n(-c4ccccc4)c3c2)ccc1C. The van der Waals surface area contributed by atoms with Crippen LogP contribution in [0.15, 0.2) is 115 Å². The number of hydrogen-bond acceptors (Lipinski definition) is 0. The van der Waals surface area contributed by atoms with Crippen LogP contribution in [0.2, 0.25) is 0 Å². The minimum Gasteiger partial charge on any atom is -0.309 e. The van der Waals surface area contributed by atoms with E-state index in [9.17, 15) is 0 Å². The Kier molecular flexibility index (Phi) is 4.62. The highest BCUT2D eigenvalue weighted by atomic mass is 15.0. The number of benzene rings is 5. The molecule has 0 saturated carbocycles. The lowest BCUT2D eigenvalue weighted by Crippen LogP contribution is -1.93. The molecule has 5 aromatic carbocycles. The fourth-order valence-electron chi connectivity index (χ4n) is 4.97. The molecule has 0 fully saturated rings. The second-order valence-corrected chi connectivity index (χ2v) is 8.76. The van der Waals surface area contributed by atoms with Crippen molar-refractivity contribution in [2.75, 3.05) is 0 Å². The molecule has 0 unspecified atom stereocenters. The highest BCUT2D eigenvalue weighted by molar-refractivity contribution is 6.10. The van der Waals surface area contributed by atoms with E-state index in [1.165, 1.54) is 60.9 Å². The number of fused-ring (bicyclic) bond motifs is 3. The van der Waals surface area contributed by atoms with Crippen LogP contribution in [0.4, 0.5) is 0 Å². The summed E-state index contributed by atoms with van der Waals surface area (Å²) in [6.07, 6.45) is 0. The van der Waals surface area contributed by atoms with Gasteiger partial charge in [0.25, 0.3) is 0 Å². The second kappa shape index (κ2) is 7.79. The van der Waals surface area contributed by atoms with Gasteiger partial charge in [0.05, 0.1) is 11.0 Å². The monoisotopic (exact) mass is 423 g/mol. The Morgan fingerprint density at radius 2 is 1.09 bits per heavy atom. The maximum Gasteiger partial charge on any atom is 0.0547 e. The molecule has 158 valence electrons. The van der Waals surface area contributed by atoms with E-state index in [4.69, 9.17) is 0 Å². The molecule has 0 radical (unpaired) electrons. The molecule has 6 aromatic rings. The molecule has 1 heterocycles. The smallest absolute Gasteiger partial charge is 0.0547 e. The van der Waals surface area contributed by atoms with E-state index in [1.54, 1.807) is 0 Å². The zero-order chi connectivity index (χ0) is 22.4. The van der Waals surface area contributed by atoms with Crippen LogP contribution in [0.3, 0.4) is 0 Å². The number of para-hydroxylation sites is 2. The number of aromatic nitrogens is 1. The molecular weight excluding hydrogens is 398 g/mol. The van der Waals surface area contributed by atoms with Crippen molar-refractivity contribution in [3.63, 3.8) is 0 Å². The first-order chi connectivity index (χ1) is 16.2. The lowest BCUT2D eigenvalue weighted by atomic mass is 9.92. The summed E-state index contributed by atoms with van der Waals surface area (Å²) in [7, 11) is 0. The maximum atomic E-state index is 2.38. The first-order valence-electron chi connectivity index (χ1n) is 11.5. The molecule has 0 spiro atoms. The summed E-state index contributed by atoms with van der Waals surface area (Å²) in [5.74, 6) is 0. The van der Waals surface area contributed by atoms with Gasteiger partial charge in [-0.1, -0.05) is 84.9 Å². The van der Waals surface area contributed by atoms with Crippen molar-refractivity contribution < 1.29 is 0 Å². The standard InChI is InChI=1S/C32H25N/c1-22-10-6-7-13-27(22)30-20-24(17-16-23(30)2)25-18-19-29-28-14-8-9-15-31(28)33(32(29)21-25)26-11-4-3-5-12-26/h3-21H,1-2H3. The minimum atomic E-state index is 1.19. The zero-order valence-corrected chi connectivity index (χ0v) is 18.9. The minimum absolute atomic E-state index is 1.19. The van der Waals surface area contributed by atoms with Gasteiger partial charge in [0.1, 0.15) is 0 Å². The first kappa shape index (κ1) is 19.6. The molecule has 0 bridgehead atoms. The van der Waals surface area contributed by atoms with Gasteiger partial charge in [0, 0.05) is 16.5 Å². The Morgan fingerprint density at radius 1 is 0.455 bits per heavy atom. The fourth-order valence-corrected chi connectivity index (χ4v) is 4.97. The average molecular weight is 424 g/mol. The quantitative estimate of drug-likeness (QED) is 0.268. The Bertz CT molecular complexity index is 1620. The van der Waals surface area contributed by atoms with Crippen LogP contribution >= 0.6 is 0 Å². The number of aryl methyl sites for hydroxylation is 2. The summed E-state index contributed by atoms with van der Waals surface area (Å²) in [5, 5.41) is 2.57. The van der Waals surface area contributed by atoms with Crippen LogP contribution in [-0.2, 0) is 0 Å². The van der Waals surface area contributed by atoms with E-state index < -0.39 is 0 Å². The molecule has 0 N–H and O–H groups in total. The van der Waals surface area contributed by atoms with E-state index in [1.807, 2.05) is 0 Å². The van der Waals surface area contributed by atoms with Crippen LogP contribution in [0.25, 0.3) is 49.7 Å². The zero-order valence-electron chi connectivity index (χ0n) is 18.9. The van der Waals surface area contributed by atoms with Gasteiger partial charge in [-0.25, -0.2) is 0 Å². The third-order valence-electron chi connectivity index (χ3n) is 6.69. The molecule has 0 amide bonds. The second-order valence-electron chi connectivity index (χ2n) is 8.76. The van der Waals surface area contributed by atoms with E-state index in [0.29, 0.717) is 0 Å². The highest BCUT2D eigenvalue weighted by Gasteiger charge is 2.14. The van der Waals surface area contributed by atoms with Crippen molar-refractivity contribution in [2.24, 2.45) is 0 Å². The van der Waals surface area contributed by atoms with E-state index in [2.05, 4.69) is 134 Å². The first-order valence-corrected chi connectivity index (χ1v) is 11.5. The maximum absolute atomic E-state index is 2.38. The molecule has 0 aliphatic carbocycles. The molecule has 0 aliphatic rings. The van der Waals surface area contributed by atoms with Gasteiger partial charge in [0.2, 0.25) is 0 Å². The van der Waals surface area contributed by atoms with Gasteiger partial charge >= 0.3 is 0 Å². The van der Waals surface area contributed by atoms with E-state index in [-0.39, 0.29) is 0 Å². The van der Waals surface area contributed by atoms with Gasteiger partial charge in [-0.15, -0.1) is 0 Å². The molecular formula is C32H25N. The van der Waals surface area contributed by atoms with Crippen molar-refractivity contribution in [3.8, 4) is 27.9 Å². The normalized spacial score (nSPS) is 11.3. The summed E-state index contributed by atoms with van der Waals surface area (Å²) in [4.78, 5) is 0. The van der Waals surface area contributed by atoms with Crippen molar-refractivity contribution in [1.29, 1.82) is 0 Å². The third-order valence-corrected chi connectivity index (χ3v) is 6.69. The predicted octanol–water partition coefficient (Wildman–Crippen LogP) is 8.73. The summed E-state index contributed by atoms with van der Waals surface area (Å²) in [6.45, 7) is 4.38. The van der Waals surface area contributed by atoms with Crippen molar-refractivity contribution >= 4 is 21.8 Å². The highest BCUT2D eigenvalue weighted by Crippen LogP contribution is 2.36. The molecule has 0 atom stereocenters. The van der Waals surface area contributed by atoms with Crippen molar-refractivity contribution in [2.45, 2.75) is 13.8 Å². The van der Waals surface area contributed by atoms with Gasteiger partial charge in [-0.2, -0.15) is 0 Å². The molecule has 1 aromatic heterocycles. The predicted molar refractivity (Wildman–Crippen MR) is 141 cm³/mol. The van der Waals surface area contributed by atoms with Crippen LogP contribution in [0, 0.1) is 13.8 Å². The molecule has 0 aliphatic heterocycles. The van der Waals surface area contributed by atoms with Crippen LogP contribution < -0.4 is 0 Å². The largest absolute Gasteiger partial charge is 0.309 e. The van der Waals surface area contributed by atoms with Gasteiger partial charge in [-0.05, 0) is 77.6 Å². The van der Waals surface area contributed by atoms with Crippen LogP contribution in [0.5, 0.6) is 0 Å². The Morgan fingerprint density at radius 3 is 1.94 bits per heavy atom. The molecule has 1 nitrogen and oxygen atoms in total. The Balaban J connectivity index is 1.59. The van der Waals surface area contributed by atoms with E-state index >= 15 is 0 Å². The lowest BCUT2D eigenvalue weighted by Gasteiger charge is -2.13. The molecule has 6 rings (SSSR count). The molecule has 33 heavy (non-hydrogen) atoms. The van der Waals surface area contributed by atoms with Gasteiger partial charge in [-0.3, -0.25) is 0 Å². The van der Waals surface area contributed by atoms with Gasteiger partial charge in [0.15, 0.2) is 0 Å². The van der Waals surface area contributed by atoms with Crippen LogP contribution in [-0.4, -0.2) is 4.57 Å². The summed E-state index contributed by atoms with van der Waals surface area (Å²) >= 11 is 0. The van der Waals surface area contributed by atoms with Gasteiger partial charge < -0.3 is 4.57 Å². The Hall–Kier alpha value is -4.10. The van der Waals surface area contributed by atoms with E-state index in [0.717, 1.165) is 0 Å². The van der Waals surface area contributed by atoms with Crippen LogP contribution in [0.1, 0.15) is 11.1 Å². The van der Waals surface area contributed by atoms with Crippen molar-refractivity contribution in [1.82, 2.24) is 4.57 Å². The fraction of sp³-hybridized carbons (Fsp3) is 0.0625. The summed E-state index contributed by atoms with van der Waals surface area (Å²) < 4.78 is 2.38. The average Bonchev–Trinajstić information content (AvgIpc) is 3.19. The summed E-state index contributed by atoms with van der Waals surface area (Å²) in [5.41, 5.74) is 11.3. The number of hydrogen-bond donors (Lipinski definition) is 0. The molecule has 1 heteroatoms. The summed E-state index contributed by atoms with van der Waals surface area (Å²) in [6, 6.07) is 41.7. The third kappa shape index (κ3) is 3.25. The molecule has 0 saturated heterocycles. The topological polar surface area (TPSA) is 4.93 Å². The Labute approximate surface area is 194 Å². The lowest BCUT2D eigenvalue weighted by molar-refractivity contribution is 1.18. The number of nitrogens with zero attached hydrogens (tertiary/aromatic N) is 1. The number of rotatable bonds is 3.